The molecule has 0 saturated heterocycles. The highest BCUT2D eigenvalue weighted by Gasteiger charge is 2.20. The number of nitrogens with zero attached hydrogens (tertiary/aromatic N) is 1. The zero-order valence-electron chi connectivity index (χ0n) is 37.0. The van der Waals surface area contributed by atoms with Gasteiger partial charge in [0.25, 0.3) is 7.82 Å². The maximum atomic E-state index is 12.7. The number of hydrogen-bond donors (Lipinski definition) is 0. The van der Waals surface area contributed by atoms with Gasteiger partial charge in [-0.15, -0.1) is 0 Å². The van der Waals surface area contributed by atoms with Crippen LogP contribution in [0.5, 0.6) is 0 Å². The normalized spacial score (nSPS) is 14.6. The quantitative estimate of drug-likeness (QED) is 0.0200. The van der Waals surface area contributed by atoms with Gasteiger partial charge < -0.3 is 27.9 Å². The molecule has 8 nitrogen and oxygen atoms in total. The molecule has 0 amide bonds. The molecule has 328 valence electrons. The summed E-state index contributed by atoms with van der Waals surface area (Å²) < 4.78 is 34.5. The Morgan fingerprint density at radius 2 is 1.02 bits per heavy atom. The predicted octanol–water partition coefficient (Wildman–Crippen LogP) is 12.6. The summed E-state index contributed by atoms with van der Waals surface area (Å²) in [5.74, 6) is -0.365. The second kappa shape index (κ2) is 40.5. The lowest BCUT2D eigenvalue weighted by molar-refractivity contribution is -0.870. The van der Waals surface area contributed by atoms with Gasteiger partial charge >= 0.3 is 5.97 Å². The van der Waals surface area contributed by atoms with E-state index in [2.05, 4.69) is 98.9 Å². The first-order chi connectivity index (χ1) is 27.6. The summed E-state index contributed by atoms with van der Waals surface area (Å²) in [6.07, 6.45) is 53.1. The van der Waals surface area contributed by atoms with Gasteiger partial charge in [0.05, 0.1) is 34.4 Å². The molecule has 0 aromatic rings. The van der Waals surface area contributed by atoms with Crippen LogP contribution in [0.15, 0.2) is 85.1 Å². The van der Waals surface area contributed by atoms with Crippen molar-refractivity contribution in [1.82, 2.24) is 0 Å². The van der Waals surface area contributed by atoms with Gasteiger partial charge in [-0.3, -0.25) is 9.36 Å². The molecular formula is C48H84NO7P. The molecule has 0 aromatic carbocycles. The van der Waals surface area contributed by atoms with E-state index in [9.17, 15) is 14.3 Å². The first-order valence-corrected chi connectivity index (χ1v) is 23.8. The van der Waals surface area contributed by atoms with Gasteiger partial charge in [-0.05, 0) is 83.5 Å². The number of hydrogen-bond acceptors (Lipinski definition) is 7. The monoisotopic (exact) mass is 818 g/mol. The molecule has 0 saturated carbocycles. The highest BCUT2D eigenvalue weighted by Crippen LogP contribution is 2.38. The lowest BCUT2D eigenvalue weighted by Gasteiger charge is -2.28. The van der Waals surface area contributed by atoms with E-state index < -0.39 is 13.9 Å². The van der Waals surface area contributed by atoms with Crippen LogP contribution in [0, 0.1) is 0 Å². The molecule has 0 rings (SSSR count). The van der Waals surface area contributed by atoms with Crippen LogP contribution in [0.2, 0.25) is 0 Å². The van der Waals surface area contributed by atoms with Crippen LogP contribution in [0.4, 0.5) is 0 Å². The first kappa shape index (κ1) is 54.7. The van der Waals surface area contributed by atoms with Crippen molar-refractivity contribution in [2.75, 3.05) is 54.1 Å². The van der Waals surface area contributed by atoms with E-state index in [1.165, 1.54) is 38.5 Å². The molecule has 0 aliphatic carbocycles. The summed E-state index contributed by atoms with van der Waals surface area (Å²) in [5, 5.41) is 0. The van der Waals surface area contributed by atoms with Gasteiger partial charge in [0.1, 0.15) is 19.3 Å². The Morgan fingerprint density at radius 1 is 0.561 bits per heavy atom. The largest absolute Gasteiger partial charge is 0.756 e. The van der Waals surface area contributed by atoms with Crippen LogP contribution >= 0.6 is 7.82 Å². The number of quaternary nitrogens is 1. The fourth-order valence-corrected chi connectivity index (χ4v) is 6.20. The lowest BCUT2D eigenvalue weighted by Crippen LogP contribution is -2.37. The molecule has 0 aliphatic rings. The number of esters is 1. The molecule has 0 aromatic heterocycles. The molecule has 0 bridgehead atoms. The summed E-state index contributed by atoms with van der Waals surface area (Å²) in [5.41, 5.74) is 0. The molecule has 2 atom stereocenters. The number of carbonyl (C=O) groups is 1. The number of phosphoric acid groups is 1. The number of rotatable bonds is 40. The summed E-state index contributed by atoms with van der Waals surface area (Å²) in [4.78, 5) is 25.0. The summed E-state index contributed by atoms with van der Waals surface area (Å²) in [6, 6.07) is 0. The Kier molecular flexibility index (Phi) is 38.8. The van der Waals surface area contributed by atoms with Crippen LogP contribution < -0.4 is 4.89 Å². The number of allylic oxidation sites excluding steroid dienone is 14. The first-order valence-electron chi connectivity index (χ1n) is 22.3. The number of phosphoric ester groups is 1. The van der Waals surface area contributed by atoms with E-state index >= 15 is 0 Å². The van der Waals surface area contributed by atoms with Crippen LogP contribution in [0.1, 0.15) is 155 Å². The molecular weight excluding hydrogens is 734 g/mol. The van der Waals surface area contributed by atoms with Crippen LogP contribution in [-0.4, -0.2) is 70.7 Å². The zero-order valence-corrected chi connectivity index (χ0v) is 37.9. The Morgan fingerprint density at radius 3 is 1.54 bits per heavy atom. The third-order valence-electron chi connectivity index (χ3n) is 8.93. The lowest BCUT2D eigenvalue weighted by atomic mass is 10.1. The van der Waals surface area contributed by atoms with E-state index in [1.807, 2.05) is 21.1 Å². The average Bonchev–Trinajstić information content (AvgIpc) is 3.16. The SMILES string of the molecule is CC/C=C\C/C=C\C/C=C\C/C=C\C/C=C\C/C=C\CCCCCCC(=O)OC(COCCCCCCCC/C=C\CCCC)COP(=O)([O-])OCC[N+](C)(C)C. The zero-order chi connectivity index (χ0) is 42.0. The highest BCUT2D eigenvalue weighted by atomic mass is 31.2. The van der Waals surface area contributed by atoms with Crippen molar-refractivity contribution < 1.29 is 37.3 Å². The number of carbonyl (C=O) groups excluding carboxylic acids is 1. The standard InChI is InChI=1S/C48H84NO7P/c1-6-8-10-12-14-16-18-20-21-22-23-24-25-26-27-28-29-30-31-33-35-37-39-41-48(50)56-47(46-55-57(51,52)54-44-42-49(3,4)5)45-53-43-40-38-36-34-32-19-17-15-13-11-9-7-2/h8,10,13-16,20-21,23-24,26-27,29-30,47H,6-7,9,11-12,17-19,22,25,28,31-46H2,1-5H3/b10-8-,15-13-,16-14-,21-20-,24-23-,27-26-,30-29-. The van der Waals surface area contributed by atoms with Crippen LogP contribution in [0.25, 0.3) is 0 Å². The maximum absolute atomic E-state index is 12.7. The van der Waals surface area contributed by atoms with E-state index in [1.54, 1.807) is 0 Å². The van der Waals surface area contributed by atoms with E-state index in [0.29, 0.717) is 17.6 Å². The minimum absolute atomic E-state index is 0.0149. The molecule has 0 fully saturated rings. The van der Waals surface area contributed by atoms with Crippen molar-refractivity contribution in [2.45, 2.75) is 161 Å². The Labute approximate surface area is 350 Å². The van der Waals surface area contributed by atoms with E-state index in [4.69, 9.17) is 18.5 Å². The van der Waals surface area contributed by atoms with Gasteiger partial charge in [0, 0.05) is 13.0 Å². The number of likely N-dealkylation sites (N-methyl/N-ethyl adjacent to an activating group) is 1. The smallest absolute Gasteiger partial charge is 0.306 e. The second-order valence-electron chi connectivity index (χ2n) is 15.7. The Balaban J connectivity index is 4.28. The van der Waals surface area contributed by atoms with Crippen molar-refractivity contribution in [3.8, 4) is 0 Å². The van der Waals surface area contributed by atoms with Crippen molar-refractivity contribution >= 4 is 13.8 Å². The third-order valence-corrected chi connectivity index (χ3v) is 9.89. The minimum Gasteiger partial charge on any atom is -0.756 e. The minimum atomic E-state index is -4.54. The van der Waals surface area contributed by atoms with Crippen LogP contribution in [0.3, 0.4) is 0 Å². The molecule has 0 aliphatic heterocycles. The molecule has 2 unspecified atom stereocenters. The van der Waals surface area contributed by atoms with Crippen LogP contribution in [-0.2, 0) is 27.9 Å². The molecule has 9 heteroatoms. The van der Waals surface area contributed by atoms with E-state index in [-0.39, 0.29) is 32.2 Å². The van der Waals surface area contributed by atoms with Gasteiger partial charge in [-0.25, -0.2) is 0 Å². The van der Waals surface area contributed by atoms with Gasteiger partial charge in [0.2, 0.25) is 0 Å². The summed E-state index contributed by atoms with van der Waals surface area (Å²) in [6.45, 7) is 5.19. The molecule has 57 heavy (non-hydrogen) atoms. The topological polar surface area (TPSA) is 94.1 Å². The summed E-state index contributed by atoms with van der Waals surface area (Å²) in [7, 11) is 1.32. The summed E-state index contributed by atoms with van der Waals surface area (Å²) >= 11 is 0. The fraction of sp³-hybridized carbons (Fsp3) is 0.688. The third kappa shape index (κ3) is 44.6. The van der Waals surface area contributed by atoms with Crippen molar-refractivity contribution in [1.29, 1.82) is 0 Å². The molecule has 0 N–H and O–H groups in total. The number of ether oxygens (including phenoxy) is 2. The van der Waals surface area contributed by atoms with Gasteiger partial charge in [-0.2, -0.15) is 0 Å². The van der Waals surface area contributed by atoms with E-state index in [0.717, 1.165) is 96.3 Å². The Hall–Kier alpha value is -2.32. The predicted molar refractivity (Wildman–Crippen MR) is 240 cm³/mol. The molecule has 0 heterocycles. The van der Waals surface area contributed by atoms with Crippen molar-refractivity contribution in [3.63, 3.8) is 0 Å². The maximum Gasteiger partial charge on any atom is 0.306 e. The van der Waals surface area contributed by atoms with Crippen molar-refractivity contribution in [3.05, 3.63) is 85.1 Å². The Bertz CT molecular complexity index is 1180. The molecule has 0 spiro atoms. The van der Waals surface area contributed by atoms with Gasteiger partial charge in [-0.1, -0.05) is 150 Å². The second-order valence-corrected chi connectivity index (χ2v) is 17.1. The number of unbranched alkanes of at least 4 members (excludes halogenated alkanes) is 12. The average molecular weight is 818 g/mol. The van der Waals surface area contributed by atoms with Crippen molar-refractivity contribution in [2.24, 2.45) is 0 Å². The van der Waals surface area contributed by atoms with Gasteiger partial charge in [0.15, 0.2) is 0 Å². The highest BCUT2D eigenvalue weighted by molar-refractivity contribution is 7.45. The molecule has 0 radical (unpaired) electrons. The fourth-order valence-electron chi connectivity index (χ4n) is 5.47.